The number of ether oxygens (including phenoxy) is 2. The van der Waals surface area contributed by atoms with Gasteiger partial charge in [0.25, 0.3) is 17.7 Å². The normalized spacial score (nSPS) is 16.4. The van der Waals surface area contributed by atoms with Gasteiger partial charge in [0.1, 0.15) is 46.6 Å². The number of carbonyl (C=O) groups excluding carboxylic acids is 4. The molecule has 2 atom stereocenters. The number of benzene rings is 2. The second kappa shape index (κ2) is 16.6. The van der Waals surface area contributed by atoms with Crippen molar-refractivity contribution in [3.63, 3.8) is 0 Å². The summed E-state index contributed by atoms with van der Waals surface area (Å²) in [5.74, 6) is -0.287. The van der Waals surface area contributed by atoms with Crippen LogP contribution < -0.4 is 34.6 Å². The number of imidazole rings is 1. The fourth-order valence-corrected chi connectivity index (χ4v) is 7.58. The average molecular weight is 812 g/mol. The molecule has 0 saturated carbocycles. The van der Waals surface area contributed by atoms with Gasteiger partial charge in [0, 0.05) is 50.8 Å². The molecule has 2 aliphatic rings. The molecule has 7 rings (SSSR count). The molecule has 19 heteroatoms. The number of aldehydes is 1. The second-order valence-corrected chi connectivity index (χ2v) is 15.0. The van der Waals surface area contributed by atoms with E-state index >= 15 is 0 Å². The van der Waals surface area contributed by atoms with E-state index in [0.717, 1.165) is 0 Å². The molecule has 0 fully saturated rings. The standard InChI is InChI=1S/C39H45N11O7S/c1-7-49-29(16-23(3)43-49)36(53)41-38-40-27-18-25(22-51)19-31-33(27)47(38)12-9-10-13-48-34-28(46(5)39(48)42-37(54)30-17-24(4)44-50(30)8-2)20-26(35(52)45-58(6)55)21-32(34)57-15-11-14-56-31/h9-10,16-22,39H,7-8,11-15H2,1-6H3,(H,42,54)(H,45,52)(H,40,41,53)/b10-9+. The van der Waals surface area contributed by atoms with E-state index in [4.69, 9.17) is 14.5 Å². The van der Waals surface area contributed by atoms with Crippen molar-refractivity contribution >= 4 is 63.7 Å². The molecule has 0 spiro atoms. The molecular formula is C39H45N11O7S. The first-order valence-corrected chi connectivity index (χ1v) is 20.4. The summed E-state index contributed by atoms with van der Waals surface area (Å²) in [5, 5.41) is 15.0. The summed E-state index contributed by atoms with van der Waals surface area (Å²) in [5.41, 5.74) is 4.99. The zero-order valence-electron chi connectivity index (χ0n) is 33.1. The molecule has 5 heterocycles. The molecule has 2 unspecified atom stereocenters. The second-order valence-electron chi connectivity index (χ2n) is 13.8. The van der Waals surface area contributed by atoms with E-state index < -0.39 is 29.5 Å². The number of aryl methyl sites for hydroxylation is 4. The smallest absolute Gasteiger partial charge is 0.292 e. The lowest BCUT2D eigenvalue weighted by Crippen LogP contribution is -2.54. The van der Waals surface area contributed by atoms with Crippen LogP contribution in [0.3, 0.4) is 0 Å². The van der Waals surface area contributed by atoms with Crippen LogP contribution in [0.4, 0.5) is 17.3 Å². The highest BCUT2D eigenvalue weighted by molar-refractivity contribution is 7.89. The van der Waals surface area contributed by atoms with Gasteiger partial charge in [0.15, 0.2) is 6.29 Å². The van der Waals surface area contributed by atoms with Gasteiger partial charge >= 0.3 is 0 Å². The SMILES string of the molecule is CCn1nc(C)cc1C(=O)Nc1nc2cc(C=O)cc3c2n1C/C=C/CN1c2c(cc(C(=O)N[S+](C)[O-])cc2N(C)C1NC(=O)c1cc(C)nn1CC)OCCCO3. The lowest BCUT2D eigenvalue weighted by atomic mass is 10.1. The minimum Gasteiger partial charge on any atom is -0.593 e. The van der Waals surface area contributed by atoms with Gasteiger partial charge in [0.2, 0.25) is 5.95 Å². The molecule has 5 aromatic rings. The Hall–Kier alpha value is -6.34. The molecule has 0 aliphatic carbocycles. The van der Waals surface area contributed by atoms with Gasteiger partial charge in [-0.3, -0.25) is 33.9 Å². The number of carbonyl (C=O) groups is 4. The Kier molecular flexibility index (Phi) is 11.4. The first-order valence-electron chi connectivity index (χ1n) is 18.8. The van der Waals surface area contributed by atoms with Crippen molar-refractivity contribution < 1.29 is 33.2 Å². The highest BCUT2D eigenvalue weighted by atomic mass is 32.2. The van der Waals surface area contributed by atoms with Crippen LogP contribution in [0.15, 0.2) is 48.6 Å². The predicted octanol–water partition coefficient (Wildman–Crippen LogP) is 3.56. The molecule has 18 nitrogen and oxygen atoms in total. The lowest BCUT2D eigenvalue weighted by Gasteiger charge is -2.31. The maximum atomic E-state index is 13.9. The zero-order valence-corrected chi connectivity index (χ0v) is 33.9. The van der Waals surface area contributed by atoms with Crippen molar-refractivity contribution in [1.29, 1.82) is 0 Å². The van der Waals surface area contributed by atoms with Crippen LogP contribution in [0.1, 0.15) is 73.3 Å². The van der Waals surface area contributed by atoms with E-state index in [9.17, 15) is 23.7 Å². The Morgan fingerprint density at radius 3 is 2.21 bits per heavy atom. The molecular weight excluding hydrogens is 767 g/mol. The van der Waals surface area contributed by atoms with Crippen molar-refractivity contribution in [2.45, 2.75) is 60.0 Å². The van der Waals surface area contributed by atoms with Crippen LogP contribution in [-0.2, 0) is 31.0 Å². The van der Waals surface area contributed by atoms with Crippen molar-refractivity contribution in [3.8, 4) is 11.5 Å². The number of anilines is 3. The molecule has 304 valence electrons. The maximum Gasteiger partial charge on any atom is 0.292 e. The van der Waals surface area contributed by atoms with Crippen molar-refractivity contribution in [1.82, 2.24) is 39.2 Å². The molecule has 2 aliphatic heterocycles. The largest absolute Gasteiger partial charge is 0.593 e. The molecule has 0 radical (unpaired) electrons. The quantitative estimate of drug-likeness (QED) is 0.111. The Morgan fingerprint density at radius 2 is 1.55 bits per heavy atom. The topological polar surface area (TPSA) is 206 Å². The lowest BCUT2D eigenvalue weighted by molar-refractivity contribution is 0.0924. The van der Waals surface area contributed by atoms with Gasteiger partial charge in [-0.1, -0.05) is 12.2 Å². The van der Waals surface area contributed by atoms with Gasteiger partial charge in [-0.25, -0.2) is 4.98 Å². The summed E-state index contributed by atoms with van der Waals surface area (Å²) in [6.07, 6.45) is 5.56. The Bertz CT molecular complexity index is 2430. The molecule has 58 heavy (non-hydrogen) atoms. The highest BCUT2D eigenvalue weighted by Crippen LogP contribution is 2.46. The monoisotopic (exact) mass is 811 g/mol. The van der Waals surface area contributed by atoms with Gasteiger partial charge in [-0.15, -0.1) is 0 Å². The number of aromatic nitrogens is 6. The number of nitrogens with one attached hydrogen (secondary N) is 3. The highest BCUT2D eigenvalue weighted by Gasteiger charge is 2.38. The fourth-order valence-electron chi connectivity index (χ4n) is 7.20. The average Bonchev–Trinajstić information content (AvgIpc) is 3.94. The number of hydrogen-bond donors (Lipinski definition) is 3. The minimum atomic E-state index is -1.62. The zero-order chi connectivity index (χ0) is 41.2. The molecule has 3 amide bonds. The summed E-state index contributed by atoms with van der Waals surface area (Å²) < 4.78 is 32.2. The van der Waals surface area contributed by atoms with Crippen LogP contribution in [0.5, 0.6) is 11.5 Å². The van der Waals surface area contributed by atoms with Crippen LogP contribution >= 0.6 is 0 Å². The third kappa shape index (κ3) is 7.82. The van der Waals surface area contributed by atoms with Crippen LogP contribution in [0.25, 0.3) is 11.0 Å². The number of hydrogen-bond acceptors (Lipinski definition) is 12. The third-order valence-electron chi connectivity index (χ3n) is 9.76. The van der Waals surface area contributed by atoms with E-state index in [1.165, 1.54) is 6.26 Å². The third-order valence-corrected chi connectivity index (χ3v) is 10.2. The van der Waals surface area contributed by atoms with E-state index in [0.29, 0.717) is 88.0 Å². The van der Waals surface area contributed by atoms with Gasteiger partial charge < -0.3 is 33.7 Å². The van der Waals surface area contributed by atoms with Gasteiger partial charge in [-0.05, 0) is 64.1 Å². The molecule has 3 N–H and O–H groups in total. The number of amides is 3. The van der Waals surface area contributed by atoms with Crippen molar-refractivity contribution in [3.05, 3.63) is 82.5 Å². The molecule has 3 aromatic heterocycles. The van der Waals surface area contributed by atoms with Crippen LogP contribution in [0, 0.1) is 13.8 Å². The fraction of sp³-hybridized carbons (Fsp3) is 0.359. The summed E-state index contributed by atoms with van der Waals surface area (Å²) in [7, 11) is 1.80. The summed E-state index contributed by atoms with van der Waals surface area (Å²) >= 11 is -1.62. The number of nitrogens with zero attached hydrogens (tertiary/aromatic N) is 8. The first kappa shape index (κ1) is 39.9. The van der Waals surface area contributed by atoms with E-state index in [2.05, 4.69) is 25.6 Å². The Labute approximate surface area is 337 Å². The van der Waals surface area contributed by atoms with Crippen LogP contribution in [0.2, 0.25) is 0 Å². The van der Waals surface area contributed by atoms with Crippen molar-refractivity contribution in [2.75, 3.05) is 48.2 Å². The number of allylic oxidation sites excluding steroid dienone is 1. The van der Waals surface area contributed by atoms with Gasteiger partial charge in [-0.2, -0.15) is 14.9 Å². The van der Waals surface area contributed by atoms with Crippen molar-refractivity contribution in [2.24, 2.45) is 0 Å². The molecule has 0 saturated heterocycles. The Balaban J connectivity index is 1.29. The minimum absolute atomic E-state index is 0.165. The van der Waals surface area contributed by atoms with E-state index in [1.54, 1.807) is 52.8 Å². The Morgan fingerprint density at radius 1 is 0.897 bits per heavy atom. The summed E-state index contributed by atoms with van der Waals surface area (Å²) in [6.45, 7) is 9.27. The number of rotatable bonds is 9. The maximum absolute atomic E-state index is 13.9. The summed E-state index contributed by atoms with van der Waals surface area (Å²) in [6, 6.07) is 9.99. The van der Waals surface area contributed by atoms with E-state index in [-0.39, 0.29) is 43.7 Å². The molecule has 0 bridgehead atoms. The van der Waals surface area contributed by atoms with Crippen LogP contribution in [-0.4, -0.2) is 97.0 Å². The summed E-state index contributed by atoms with van der Waals surface area (Å²) in [4.78, 5) is 61.4. The first-order chi connectivity index (χ1) is 27.9. The predicted molar refractivity (Wildman–Crippen MR) is 218 cm³/mol. The molecule has 2 aromatic carbocycles. The van der Waals surface area contributed by atoms with Gasteiger partial charge in [0.05, 0.1) is 47.2 Å². The van der Waals surface area contributed by atoms with E-state index in [1.807, 2.05) is 54.2 Å².